The van der Waals surface area contributed by atoms with Crippen molar-refractivity contribution >= 4 is 11.4 Å². The van der Waals surface area contributed by atoms with Gasteiger partial charge in [0.2, 0.25) is 0 Å². The highest BCUT2D eigenvalue weighted by Gasteiger charge is 2.16. The molecule has 1 aliphatic rings. The number of anilines is 1. The maximum absolute atomic E-state index is 10.7. The number of nitro benzene ring substituents is 1. The van der Waals surface area contributed by atoms with Crippen molar-refractivity contribution in [1.29, 1.82) is 0 Å². The van der Waals surface area contributed by atoms with Crippen LogP contribution in [0.3, 0.4) is 0 Å². The van der Waals surface area contributed by atoms with Gasteiger partial charge in [0, 0.05) is 50.5 Å². The summed E-state index contributed by atoms with van der Waals surface area (Å²) in [5.41, 5.74) is 2.56. The molecule has 0 atom stereocenters. The minimum absolute atomic E-state index is 0.147. The van der Waals surface area contributed by atoms with E-state index >= 15 is 0 Å². The van der Waals surface area contributed by atoms with E-state index in [0.29, 0.717) is 0 Å². The largest absolute Gasteiger partial charge is 0.370 e. The molecule has 23 heavy (non-hydrogen) atoms. The molecule has 1 aliphatic heterocycles. The van der Waals surface area contributed by atoms with Gasteiger partial charge in [-0.2, -0.15) is 0 Å². The van der Waals surface area contributed by atoms with Crippen LogP contribution in [0.1, 0.15) is 12.0 Å². The lowest BCUT2D eigenvalue weighted by Crippen LogP contribution is -2.30. The summed E-state index contributed by atoms with van der Waals surface area (Å²) in [4.78, 5) is 15.2. The Morgan fingerprint density at radius 2 is 1.65 bits per heavy atom. The molecule has 5 nitrogen and oxygen atoms in total. The first kappa shape index (κ1) is 15.5. The minimum Gasteiger partial charge on any atom is -0.370 e. The molecule has 2 aromatic rings. The first-order chi connectivity index (χ1) is 11.2. The molecule has 0 amide bonds. The maximum Gasteiger partial charge on any atom is 0.269 e. The summed E-state index contributed by atoms with van der Waals surface area (Å²) in [6.45, 7) is 5.01. The fourth-order valence-electron chi connectivity index (χ4n) is 3.01. The van der Waals surface area contributed by atoms with E-state index in [0.717, 1.165) is 44.8 Å². The molecule has 0 spiro atoms. The summed E-state index contributed by atoms with van der Waals surface area (Å²) in [5, 5.41) is 10.7. The number of nitrogens with zero attached hydrogens (tertiary/aromatic N) is 3. The number of rotatable bonds is 4. The normalized spacial score (nSPS) is 16.1. The summed E-state index contributed by atoms with van der Waals surface area (Å²) in [5.74, 6) is 0. The zero-order valence-electron chi connectivity index (χ0n) is 13.1. The highest BCUT2D eigenvalue weighted by molar-refractivity contribution is 5.51. The van der Waals surface area contributed by atoms with Crippen LogP contribution in [0.4, 0.5) is 11.4 Å². The highest BCUT2D eigenvalue weighted by atomic mass is 16.6. The van der Waals surface area contributed by atoms with Gasteiger partial charge in [-0.1, -0.05) is 30.3 Å². The number of benzene rings is 2. The Hall–Kier alpha value is -2.40. The van der Waals surface area contributed by atoms with Gasteiger partial charge in [0.15, 0.2) is 0 Å². The molecule has 0 aliphatic carbocycles. The quantitative estimate of drug-likeness (QED) is 0.642. The molecule has 0 unspecified atom stereocenters. The van der Waals surface area contributed by atoms with Gasteiger partial charge in [-0.05, 0) is 24.1 Å². The van der Waals surface area contributed by atoms with Crippen molar-refractivity contribution in [2.45, 2.75) is 13.0 Å². The lowest BCUT2D eigenvalue weighted by molar-refractivity contribution is -0.384. The second-order valence-corrected chi connectivity index (χ2v) is 5.88. The molecule has 120 valence electrons. The second kappa shape index (κ2) is 7.24. The smallest absolute Gasteiger partial charge is 0.269 e. The Balaban J connectivity index is 1.60. The van der Waals surface area contributed by atoms with Crippen molar-refractivity contribution in [3.05, 3.63) is 70.3 Å². The third-order valence-corrected chi connectivity index (χ3v) is 4.26. The van der Waals surface area contributed by atoms with Gasteiger partial charge in [0.25, 0.3) is 5.69 Å². The van der Waals surface area contributed by atoms with E-state index in [1.807, 2.05) is 18.2 Å². The van der Waals surface area contributed by atoms with E-state index in [9.17, 15) is 10.1 Å². The predicted octanol–water partition coefficient (Wildman–Crippen LogP) is 3.31. The van der Waals surface area contributed by atoms with E-state index in [2.05, 4.69) is 34.1 Å². The van der Waals surface area contributed by atoms with Gasteiger partial charge in [0.05, 0.1) is 4.92 Å². The number of nitro groups is 1. The average molecular weight is 311 g/mol. The molecule has 3 rings (SSSR count). The van der Waals surface area contributed by atoms with Gasteiger partial charge in [-0.3, -0.25) is 15.0 Å². The lowest BCUT2D eigenvalue weighted by Gasteiger charge is -2.23. The summed E-state index contributed by atoms with van der Waals surface area (Å²) < 4.78 is 0. The average Bonchev–Trinajstić information content (AvgIpc) is 2.81. The van der Waals surface area contributed by atoms with E-state index in [1.54, 1.807) is 12.1 Å². The Morgan fingerprint density at radius 1 is 0.913 bits per heavy atom. The zero-order chi connectivity index (χ0) is 16.1. The molecule has 1 fully saturated rings. The highest BCUT2D eigenvalue weighted by Crippen LogP contribution is 2.21. The Labute approximate surface area is 136 Å². The van der Waals surface area contributed by atoms with E-state index < -0.39 is 0 Å². The van der Waals surface area contributed by atoms with Gasteiger partial charge < -0.3 is 4.90 Å². The van der Waals surface area contributed by atoms with Crippen molar-refractivity contribution in [1.82, 2.24) is 4.90 Å². The van der Waals surface area contributed by atoms with Gasteiger partial charge in [0.1, 0.15) is 0 Å². The Morgan fingerprint density at radius 3 is 2.35 bits per heavy atom. The summed E-state index contributed by atoms with van der Waals surface area (Å²) in [7, 11) is 0. The molecule has 1 heterocycles. The van der Waals surface area contributed by atoms with Crippen molar-refractivity contribution < 1.29 is 4.92 Å². The van der Waals surface area contributed by atoms with E-state index in [1.165, 1.54) is 5.56 Å². The van der Waals surface area contributed by atoms with Crippen LogP contribution in [0, 0.1) is 10.1 Å². The summed E-state index contributed by atoms with van der Waals surface area (Å²) in [6, 6.07) is 17.4. The molecule has 0 saturated carbocycles. The predicted molar refractivity (Wildman–Crippen MR) is 91.6 cm³/mol. The molecule has 0 bridgehead atoms. The van der Waals surface area contributed by atoms with Crippen molar-refractivity contribution in [3.63, 3.8) is 0 Å². The van der Waals surface area contributed by atoms with Crippen molar-refractivity contribution in [3.8, 4) is 0 Å². The van der Waals surface area contributed by atoms with Crippen LogP contribution >= 0.6 is 0 Å². The van der Waals surface area contributed by atoms with Crippen LogP contribution < -0.4 is 4.90 Å². The fraction of sp³-hybridized carbons (Fsp3) is 0.333. The van der Waals surface area contributed by atoms with Crippen LogP contribution in [0.5, 0.6) is 0 Å². The van der Waals surface area contributed by atoms with Crippen LogP contribution in [0.2, 0.25) is 0 Å². The minimum atomic E-state index is -0.353. The summed E-state index contributed by atoms with van der Waals surface area (Å²) >= 11 is 0. The summed E-state index contributed by atoms with van der Waals surface area (Å²) in [6.07, 6.45) is 1.10. The van der Waals surface area contributed by atoms with Crippen LogP contribution in [-0.2, 0) is 6.54 Å². The SMILES string of the molecule is O=[N+]([O-])c1ccc(N2CCCN(Cc3ccccc3)CC2)cc1. The van der Waals surface area contributed by atoms with Crippen LogP contribution in [-0.4, -0.2) is 36.0 Å². The first-order valence-corrected chi connectivity index (χ1v) is 7.98. The van der Waals surface area contributed by atoms with E-state index in [4.69, 9.17) is 0 Å². The Kier molecular flexibility index (Phi) is 4.88. The third-order valence-electron chi connectivity index (χ3n) is 4.26. The standard InChI is InChI=1S/C18H21N3O2/c22-21(23)18-9-7-17(8-10-18)20-12-4-11-19(13-14-20)15-16-5-2-1-3-6-16/h1-3,5-10H,4,11-15H2. The zero-order valence-corrected chi connectivity index (χ0v) is 13.1. The van der Waals surface area contributed by atoms with Crippen LogP contribution in [0.15, 0.2) is 54.6 Å². The third kappa shape index (κ3) is 4.07. The number of hydrogen-bond acceptors (Lipinski definition) is 4. The van der Waals surface area contributed by atoms with Gasteiger partial charge in [-0.25, -0.2) is 0 Å². The molecular weight excluding hydrogens is 290 g/mol. The van der Waals surface area contributed by atoms with Crippen molar-refractivity contribution in [2.24, 2.45) is 0 Å². The Bertz CT molecular complexity index is 643. The second-order valence-electron chi connectivity index (χ2n) is 5.88. The number of non-ortho nitro benzene ring substituents is 1. The lowest BCUT2D eigenvalue weighted by atomic mass is 10.2. The van der Waals surface area contributed by atoms with Gasteiger partial charge in [-0.15, -0.1) is 0 Å². The maximum atomic E-state index is 10.7. The van der Waals surface area contributed by atoms with Gasteiger partial charge >= 0.3 is 0 Å². The van der Waals surface area contributed by atoms with Crippen LogP contribution in [0.25, 0.3) is 0 Å². The van der Waals surface area contributed by atoms with E-state index in [-0.39, 0.29) is 10.6 Å². The molecule has 0 N–H and O–H groups in total. The molecule has 1 saturated heterocycles. The number of hydrogen-bond donors (Lipinski definition) is 0. The van der Waals surface area contributed by atoms with Crippen molar-refractivity contribution in [2.75, 3.05) is 31.1 Å². The monoisotopic (exact) mass is 311 g/mol. The fourth-order valence-corrected chi connectivity index (χ4v) is 3.01. The topological polar surface area (TPSA) is 49.6 Å². The molecular formula is C18H21N3O2. The molecule has 5 heteroatoms. The first-order valence-electron chi connectivity index (χ1n) is 7.98. The molecule has 0 aromatic heterocycles. The molecule has 2 aromatic carbocycles. The molecule has 0 radical (unpaired) electrons.